The molecule has 1 amide bonds. The summed E-state index contributed by atoms with van der Waals surface area (Å²) in [5, 5.41) is 9.05. The molecule has 1 saturated heterocycles. The Hall–Kier alpha value is -1.52. The summed E-state index contributed by atoms with van der Waals surface area (Å²) >= 11 is 0. The molecule has 5 heteroatoms. The molecule has 3 heterocycles. The SMILES string of the molecule is O=C(O)N1CCCC(c2ncc3n2CCC3)C1. The van der Waals surface area contributed by atoms with E-state index in [4.69, 9.17) is 5.11 Å². The number of fused-ring (bicyclic) bond motifs is 1. The third-order valence-corrected chi connectivity index (χ3v) is 3.84. The molecule has 1 fully saturated rings. The van der Waals surface area contributed by atoms with Crippen molar-refractivity contribution in [1.82, 2.24) is 14.5 Å². The van der Waals surface area contributed by atoms with E-state index in [0.29, 0.717) is 13.1 Å². The van der Waals surface area contributed by atoms with E-state index in [1.54, 1.807) is 0 Å². The van der Waals surface area contributed by atoms with Gasteiger partial charge in [0.1, 0.15) is 5.82 Å². The highest BCUT2D eigenvalue weighted by atomic mass is 16.4. The zero-order valence-electron chi connectivity index (χ0n) is 9.80. The number of aromatic nitrogens is 2. The standard InChI is InChI=1S/C12H17N3O2/c16-12(17)14-5-1-3-9(8-14)11-13-7-10-4-2-6-15(10)11/h7,9H,1-6,8H2,(H,16,17). The van der Waals surface area contributed by atoms with E-state index >= 15 is 0 Å². The van der Waals surface area contributed by atoms with Crippen LogP contribution < -0.4 is 0 Å². The van der Waals surface area contributed by atoms with Gasteiger partial charge in [-0.05, 0) is 25.7 Å². The molecule has 2 aliphatic heterocycles. The van der Waals surface area contributed by atoms with Crippen molar-refractivity contribution in [3.63, 3.8) is 0 Å². The Morgan fingerprint density at radius 3 is 3.12 bits per heavy atom. The maximum absolute atomic E-state index is 11.0. The van der Waals surface area contributed by atoms with Gasteiger partial charge in [-0.15, -0.1) is 0 Å². The van der Waals surface area contributed by atoms with Crippen LogP contribution in [0.25, 0.3) is 0 Å². The van der Waals surface area contributed by atoms with E-state index in [0.717, 1.165) is 31.6 Å². The quantitative estimate of drug-likeness (QED) is 0.805. The Labute approximate surface area is 100 Å². The third-order valence-electron chi connectivity index (χ3n) is 3.84. The van der Waals surface area contributed by atoms with Crippen molar-refractivity contribution in [2.45, 2.75) is 38.1 Å². The highest BCUT2D eigenvalue weighted by Gasteiger charge is 2.28. The first kappa shape index (κ1) is 10.6. The van der Waals surface area contributed by atoms with Crippen molar-refractivity contribution < 1.29 is 9.90 Å². The Morgan fingerprint density at radius 2 is 2.29 bits per heavy atom. The largest absolute Gasteiger partial charge is 0.465 e. The van der Waals surface area contributed by atoms with Gasteiger partial charge in [-0.25, -0.2) is 9.78 Å². The van der Waals surface area contributed by atoms with E-state index < -0.39 is 6.09 Å². The molecule has 0 aliphatic carbocycles. The highest BCUT2D eigenvalue weighted by molar-refractivity contribution is 5.65. The number of aryl methyl sites for hydroxylation is 1. The third kappa shape index (κ3) is 1.79. The Morgan fingerprint density at radius 1 is 1.41 bits per heavy atom. The number of carboxylic acid groups (broad SMARTS) is 1. The zero-order chi connectivity index (χ0) is 11.8. The van der Waals surface area contributed by atoms with Gasteiger partial charge in [0, 0.05) is 37.4 Å². The predicted molar refractivity (Wildman–Crippen MR) is 62.1 cm³/mol. The fourth-order valence-corrected chi connectivity index (χ4v) is 2.99. The van der Waals surface area contributed by atoms with Crippen LogP contribution in [0.4, 0.5) is 4.79 Å². The second-order valence-corrected chi connectivity index (χ2v) is 4.93. The minimum Gasteiger partial charge on any atom is -0.465 e. The number of nitrogens with zero attached hydrogens (tertiary/aromatic N) is 3. The number of hydrogen-bond donors (Lipinski definition) is 1. The van der Waals surface area contributed by atoms with Gasteiger partial charge in [-0.3, -0.25) is 0 Å². The Balaban J connectivity index is 1.81. The molecular weight excluding hydrogens is 218 g/mol. The van der Waals surface area contributed by atoms with E-state index in [1.807, 2.05) is 6.20 Å². The van der Waals surface area contributed by atoms with E-state index in [2.05, 4.69) is 9.55 Å². The molecule has 1 unspecified atom stereocenters. The summed E-state index contributed by atoms with van der Waals surface area (Å²) in [6.07, 6.45) is 5.47. The lowest BCUT2D eigenvalue weighted by atomic mass is 9.97. The predicted octanol–water partition coefficient (Wildman–Crippen LogP) is 1.69. The molecule has 2 aliphatic rings. The fraction of sp³-hybridized carbons (Fsp3) is 0.667. The van der Waals surface area contributed by atoms with Crippen LogP contribution in [0.3, 0.4) is 0 Å². The molecule has 3 rings (SSSR count). The number of rotatable bonds is 1. The molecule has 0 spiro atoms. The average molecular weight is 235 g/mol. The number of hydrogen-bond acceptors (Lipinski definition) is 2. The molecular formula is C12H17N3O2. The van der Waals surface area contributed by atoms with Gasteiger partial charge in [-0.2, -0.15) is 0 Å². The summed E-state index contributed by atoms with van der Waals surface area (Å²) in [5.74, 6) is 1.38. The van der Waals surface area contributed by atoms with Crippen LogP contribution >= 0.6 is 0 Å². The highest BCUT2D eigenvalue weighted by Crippen LogP contribution is 2.29. The fourth-order valence-electron chi connectivity index (χ4n) is 2.99. The maximum Gasteiger partial charge on any atom is 0.407 e. The lowest BCUT2D eigenvalue weighted by Gasteiger charge is -2.30. The average Bonchev–Trinajstić information content (AvgIpc) is 2.90. The summed E-state index contributed by atoms with van der Waals surface area (Å²) in [4.78, 5) is 17.0. The van der Waals surface area contributed by atoms with Crippen molar-refractivity contribution in [2.24, 2.45) is 0 Å². The molecule has 92 valence electrons. The molecule has 0 radical (unpaired) electrons. The zero-order valence-corrected chi connectivity index (χ0v) is 9.80. The first-order chi connectivity index (χ1) is 8.25. The van der Waals surface area contributed by atoms with Gasteiger partial charge in [0.2, 0.25) is 0 Å². The van der Waals surface area contributed by atoms with Gasteiger partial charge in [0.05, 0.1) is 0 Å². The van der Waals surface area contributed by atoms with Crippen molar-refractivity contribution in [3.8, 4) is 0 Å². The lowest BCUT2D eigenvalue weighted by Crippen LogP contribution is -2.38. The summed E-state index contributed by atoms with van der Waals surface area (Å²) in [7, 11) is 0. The van der Waals surface area contributed by atoms with E-state index in [-0.39, 0.29) is 5.92 Å². The van der Waals surface area contributed by atoms with Crippen molar-refractivity contribution >= 4 is 6.09 Å². The Kier molecular flexibility index (Phi) is 2.53. The maximum atomic E-state index is 11.0. The van der Waals surface area contributed by atoms with Gasteiger partial charge >= 0.3 is 6.09 Å². The van der Waals surface area contributed by atoms with Crippen molar-refractivity contribution in [3.05, 3.63) is 17.7 Å². The van der Waals surface area contributed by atoms with Gasteiger partial charge < -0.3 is 14.6 Å². The number of amides is 1. The molecule has 1 aromatic rings. The summed E-state index contributed by atoms with van der Waals surface area (Å²) in [6.45, 7) is 2.32. The van der Waals surface area contributed by atoms with Crippen LogP contribution in [-0.2, 0) is 13.0 Å². The van der Waals surface area contributed by atoms with Crippen molar-refractivity contribution in [1.29, 1.82) is 0 Å². The van der Waals surface area contributed by atoms with Crippen LogP contribution in [0.1, 0.15) is 36.7 Å². The number of imidazole rings is 1. The monoisotopic (exact) mass is 235 g/mol. The molecule has 17 heavy (non-hydrogen) atoms. The van der Waals surface area contributed by atoms with Crippen LogP contribution in [0.5, 0.6) is 0 Å². The molecule has 0 aromatic carbocycles. The van der Waals surface area contributed by atoms with Crippen LogP contribution in [0.15, 0.2) is 6.20 Å². The molecule has 5 nitrogen and oxygen atoms in total. The lowest BCUT2D eigenvalue weighted by molar-refractivity contribution is 0.129. The second-order valence-electron chi connectivity index (χ2n) is 4.93. The Bertz CT molecular complexity index is 441. The van der Waals surface area contributed by atoms with Gasteiger partial charge in [-0.1, -0.05) is 0 Å². The topological polar surface area (TPSA) is 58.4 Å². The second kappa shape index (κ2) is 4.05. The molecule has 0 saturated carbocycles. The summed E-state index contributed by atoms with van der Waals surface area (Å²) in [5.41, 5.74) is 1.31. The molecule has 1 N–H and O–H groups in total. The summed E-state index contributed by atoms with van der Waals surface area (Å²) in [6, 6.07) is 0. The first-order valence-corrected chi connectivity index (χ1v) is 6.28. The van der Waals surface area contributed by atoms with Gasteiger partial charge in [0.25, 0.3) is 0 Å². The number of carbonyl (C=O) groups is 1. The van der Waals surface area contributed by atoms with Crippen LogP contribution in [-0.4, -0.2) is 38.7 Å². The molecule has 1 atom stereocenters. The van der Waals surface area contributed by atoms with Crippen molar-refractivity contribution in [2.75, 3.05) is 13.1 Å². The smallest absolute Gasteiger partial charge is 0.407 e. The number of piperidine rings is 1. The summed E-state index contributed by atoms with van der Waals surface area (Å²) < 4.78 is 2.29. The first-order valence-electron chi connectivity index (χ1n) is 6.28. The minimum atomic E-state index is -0.803. The van der Waals surface area contributed by atoms with Crippen LogP contribution in [0, 0.1) is 0 Å². The number of likely N-dealkylation sites (tertiary alicyclic amines) is 1. The molecule has 1 aromatic heterocycles. The van der Waals surface area contributed by atoms with E-state index in [9.17, 15) is 4.79 Å². The minimum absolute atomic E-state index is 0.284. The van der Waals surface area contributed by atoms with Gasteiger partial charge in [0.15, 0.2) is 0 Å². The van der Waals surface area contributed by atoms with E-state index in [1.165, 1.54) is 17.0 Å². The normalized spacial score (nSPS) is 23.8. The molecule has 0 bridgehead atoms. The van der Waals surface area contributed by atoms with Crippen LogP contribution in [0.2, 0.25) is 0 Å².